The van der Waals surface area contributed by atoms with E-state index in [4.69, 9.17) is 11.6 Å². The van der Waals surface area contributed by atoms with Crippen molar-refractivity contribution in [2.75, 3.05) is 0 Å². The molecule has 0 fully saturated rings. The molecule has 2 nitrogen and oxygen atoms in total. The second-order valence-corrected chi connectivity index (χ2v) is 6.19. The summed E-state index contributed by atoms with van der Waals surface area (Å²) in [6.07, 6.45) is 8.72. The van der Waals surface area contributed by atoms with Crippen LogP contribution in [0.5, 0.6) is 0 Å². The number of hydrogen-bond acceptors (Lipinski definition) is 1. The molecule has 2 atom stereocenters. The van der Waals surface area contributed by atoms with Gasteiger partial charge in [-0.05, 0) is 36.8 Å². The van der Waals surface area contributed by atoms with Crippen LogP contribution in [-0.4, -0.2) is 9.78 Å². The van der Waals surface area contributed by atoms with E-state index in [1.54, 1.807) is 0 Å². The zero-order valence-corrected chi connectivity index (χ0v) is 12.7. The highest BCUT2D eigenvalue weighted by Gasteiger charge is 2.20. The van der Waals surface area contributed by atoms with E-state index in [9.17, 15) is 0 Å². The Morgan fingerprint density at radius 1 is 1.40 bits per heavy atom. The molecule has 1 aliphatic rings. The third kappa shape index (κ3) is 2.76. The number of aromatic nitrogens is 2. The molecule has 1 aromatic carbocycles. The number of fused-ring (bicyclic) bond motifs is 1. The molecule has 3 heteroatoms. The normalized spacial score (nSPS) is 19.6. The lowest BCUT2D eigenvalue weighted by Crippen LogP contribution is -2.15. The van der Waals surface area contributed by atoms with E-state index in [2.05, 4.69) is 47.2 Å². The number of halogens is 1. The lowest BCUT2D eigenvalue weighted by Gasteiger charge is -2.25. The molecular weight excluding hydrogens is 268 g/mol. The fourth-order valence-electron chi connectivity index (χ4n) is 3.15. The van der Waals surface area contributed by atoms with Crippen molar-refractivity contribution in [3.05, 3.63) is 53.3 Å². The minimum atomic E-state index is 0.0855. The van der Waals surface area contributed by atoms with Gasteiger partial charge in [0.15, 0.2) is 0 Å². The first-order chi connectivity index (χ1) is 9.78. The summed E-state index contributed by atoms with van der Waals surface area (Å²) in [6, 6.07) is 8.84. The van der Waals surface area contributed by atoms with Crippen LogP contribution < -0.4 is 0 Å². The van der Waals surface area contributed by atoms with Crippen LogP contribution in [0.3, 0.4) is 0 Å². The summed E-state index contributed by atoms with van der Waals surface area (Å²) in [5.41, 5.74) is 4.16. The highest BCUT2D eigenvalue weighted by atomic mass is 35.5. The van der Waals surface area contributed by atoms with Crippen molar-refractivity contribution < 1.29 is 0 Å². The first kappa shape index (κ1) is 13.7. The predicted octanol–water partition coefficient (Wildman–Crippen LogP) is 4.69. The Morgan fingerprint density at radius 3 is 3.10 bits per heavy atom. The lowest BCUT2D eigenvalue weighted by atomic mass is 9.83. The van der Waals surface area contributed by atoms with Crippen molar-refractivity contribution in [1.29, 1.82) is 0 Å². The van der Waals surface area contributed by atoms with E-state index in [1.807, 2.05) is 6.20 Å². The average Bonchev–Trinajstić information content (AvgIpc) is 2.95. The van der Waals surface area contributed by atoms with Crippen LogP contribution in [0.25, 0.3) is 0 Å². The molecule has 0 saturated heterocycles. The maximum atomic E-state index is 6.27. The van der Waals surface area contributed by atoms with E-state index < -0.39 is 0 Å². The smallest absolute Gasteiger partial charge is 0.0613 e. The average molecular weight is 289 g/mol. The topological polar surface area (TPSA) is 17.8 Å². The molecule has 1 heterocycles. The van der Waals surface area contributed by atoms with Crippen LogP contribution in [0.2, 0.25) is 0 Å². The number of aryl methyl sites for hydroxylation is 1. The molecule has 1 aliphatic carbocycles. The van der Waals surface area contributed by atoms with Crippen molar-refractivity contribution >= 4 is 11.6 Å². The first-order valence-corrected chi connectivity index (χ1v) is 7.95. The van der Waals surface area contributed by atoms with Crippen molar-refractivity contribution in [1.82, 2.24) is 9.78 Å². The summed E-state index contributed by atoms with van der Waals surface area (Å²) >= 11 is 6.27. The number of rotatable bonds is 4. The SMILES string of the molecule is CCC(Cl)c1cnn(CC2CCCc3ccccc32)c1. The van der Waals surface area contributed by atoms with E-state index in [-0.39, 0.29) is 5.38 Å². The summed E-state index contributed by atoms with van der Waals surface area (Å²) in [4.78, 5) is 0. The zero-order valence-electron chi connectivity index (χ0n) is 11.9. The molecule has 106 valence electrons. The lowest BCUT2D eigenvalue weighted by molar-refractivity contribution is 0.457. The van der Waals surface area contributed by atoms with Crippen molar-refractivity contribution in [2.45, 2.75) is 50.4 Å². The molecule has 0 spiro atoms. The van der Waals surface area contributed by atoms with Crippen molar-refractivity contribution in [2.24, 2.45) is 0 Å². The van der Waals surface area contributed by atoms with Gasteiger partial charge in [-0.2, -0.15) is 5.10 Å². The van der Waals surface area contributed by atoms with Gasteiger partial charge in [0.1, 0.15) is 0 Å². The summed E-state index contributed by atoms with van der Waals surface area (Å²) < 4.78 is 2.06. The fourth-order valence-corrected chi connectivity index (χ4v) is 3.26. The summed E-state index contributed by atoms with van der Waals surface area (Å²) in [6.45, 7) is 3.07. The standard InChI is InChI=1S/C17H21ClN2/c1-2-17(18)15-10-19-20(12-15)11-14-8-5-7-13-6-3-4-9-16(13)14/h3-4,6,9-10,12,14,17H,2,5,7-8,11H2,1H3. The van der Waals surface area contributed by atoms with Gasteiger partial charge in [0, 0.05) is 24.2 Å². The molecule has 2 aromatic rings. The van der Waals surface area contributed by atoms with Gasteiger partial charge >= 0.3 is 0 Å². The van der Waals surface area contributed by atoms with Gasteiger partial charge in [0.05, 0.1) is 11.6 Å². The second-order valence-electron chi connectivity index (χ2n) is 5.66. The van der Waals surface area contributed by atoms with Gasteiger partial charge in [-0.3, -0.25) is 4.68 Å². The minimum Gasteiger partial charge on any atom is -0.272 e. The predicted molar refractivity (Wildman–Crippen MR) is 83.2 cm³/mol. The van der Waals surface area contributed by atoms with Crippen LogP contribution in [0.4, 0.5) is 0 Å². The van der Waals surface area contributed by atoms with Crippen LogP contribution in [-0.2, 0) is 13.0 Å². The molecule has 0 bridgehead atoms. The molecule has 3 rings (SSSR count). The Labute approximate surface area is 125 Å². The Morgan fingerprint density at radius 2 is 2.25 bits per heavy atom. The van der Waals surface area contributed by atoms with Crippen LogP contribution >= 0.6 is 11.6 Å². The molecule has 0 amide bonds. The van der Waals surface area contributed by atoms with Gasteiger partial charge < -0.3 is 0 Å². The van der Waals surface area contributed by atoms with Crippen LogP contribution in [0.15, 0.2) is 36.7 Å². The molecule has 0 radical (unpaired) electrons. The Kier molecular flexibility index (Phi) is 4.11. The Bertz CT molecular complexity index is 576. The first-order valence-electron chi connectivity index (χ1n) is 7.52. The van der Waals surface area contributed by atoms with E-state index >= 15 is 0 Å². The third-order valence-corrected chi connectivity index (χ3v) is 4.83. The summed E-state index contributed by atoms with van der Waals surface area (Å²) in [5, 5.41) is 4.57. The van der Waals surface area contributed by atoms with Crippen LogP contribution in [0.1, 0.15) is 54.2 Å². The zero-order chi connectivity index (χ0) is 13.9. The molecule has 0 saturated carbocycles. The highest BCUT2D eigenvalue weighted by molar-refractivity contribution is 6.20. The third-order valence-electron chi connectivity index (χ3n) is 4.27. The second kappa shape index (κ2) is 6.01. The quantitative estimate of drug-likeness (QED) is 0.746. The Balaban J connectivity index is 1.77. The maximum Gasteiger partial charge on any atom is 0.0613 e. The van der Waals surface area contributed by atoms with Crippen molar-refractivity contribution in [3.63, 3.8) is 0 Å². The van der Waals surface area contributed by atoms with E-state index in [1.165, 1.54) is 30.4 Å². The molecule has 2 unspecified atom stereocenters. The number of hydrogen-bond donors (Lipinski definition) is 0. The Hall–Kier alpha value is -1.28. The molecule has 0 N–H and O–H groups in total. The number of alkyl halides is 1. The number of benzene rings is 1. The highest BCUT2D eigenvalue weighted by Crippen LogP contribution is 2.33. The molecule has 0 aliphatic heterocycles. The van der Waals surface area contributed by atoms with E-state index in [0.29, 0.717) is 5.92 Å². The number of nitrogens with zero attached hydrogens (tertiary/aromatic N) is 2. The van der Waals surface area contributed by atoms with Crippen LogP contribution in [0, 0.1) is 0 Å². The van der Waals surface area contributed by atoms with Gasteiger partial charge in [0.2, 0.25) is 0 Å². The molecular formula is C17H21ClN2. The minimum absolute atomic E-state index is 0.0855. The monoisotopic (exact) mass is 288 g/mol. The molecule has 20 heavy (non-hydrogen) atoms. The van der Waals surface area contributed by atoms with Gasteiger partial charge in [-0.1, -0.05) is 31.2 Å². The van der Waals surface area contributed by atoms with Crippen molar-refractivity contribution in [3.8, 4) is 0 Å². The summed E-state index contributed by atoms with van der Waals surface area (Å²) in [7, 11) is 0. The largest absolute Gasteiger partial charge is 0.272 e. The maximum absolute atomic E-state index is 6.27. The van der Waals surface area contributed by atoms with Gasteiger partial charge in [0.25, 0.3) is 0 Å². The fraction of sp³-hybridized carbons (Fsp3) is 0.471. The van der Waals surface area contributed by atoms with Gasteiger partial charge in [-0.25, -0.2) is 0 Å². The van der Waals surface area contributed by atoms with Gasteiger partial charge in [-0.15, -0.1) is 11.6 Å². The van der Waals surface area contributed by atoms with E-state index in [0.717, 1.165) is 18.5 Å². The molecule has 1 aromatic heterocycles. The summed E-state index contributed by atoms with van der Waals surface area (Å²) in [5.74, 6) is 0.586.